The molecule has 2 heterocycles. The molecule has 0 aliphatic carbocycles. The summed E-state index contributed by atoms with van der Waals surface area (Å²) in [7, 11) is 0. The molecule has 2 rings (SSSR count). The van der Waals surface area contributed by atoms with Crippen LogP contribution in [-0.2, 0) is 11.2 Å². The van der Waals surface area contributed by atoms with Crippen LogP contribution in [0.15, 0.2) is 28.9 Å². The van der Waals surface area contributed by atoms with Gasteiger partial charge in [-0.05, 0) is 19.1 Å². The summed E-state index contributed by atoms with van der Waals surface area (Å²) in [6, 6.07) is 5.20. The standard InChI is InChI=1S/C14H15F3N4O2/c1-2-21(9-14(15,16)17)12(22)7-6-11-19-13(20-23-11)10-5-3-4-8-18-10/h3-5,8H,2,6-7,9H2,1H3. The van der Waals surface area contributed by atoms with E-state index in [1.54, 1.807) is 24.4 Å². The van der Waals surface area contributed by atoms with Crippen LogP contribution in [0, 0.1) is 0 Å². The zero-order valence-electron chi connectivity index (χ0n) is 12.4. The van der Waals surface area contributed by atoms with E-state index < -0.39 is 18.6 Å². The van der Waals surface area contributed by atoms with Crippen LogP contribution in [0.5, 0.6) is 0 Å². The maximum Gasteiger partial charge on any atom is 0.406 e. The summed E-state index contributed by atoms with van der Waals surface area (Å²) >= 11 is 0. The van der Waals surface area contributed by atoms with Crippen molar-refractivity contribution in [1.82, 2.24) is 20.0 Å². The first-order chi connectivity index (χ1) is 10.9. The molecule has 0 aliphatic heterocycles. The average molecular weight is 328 g/mol. The van der Waals surface area contributed by atoms with E-state index in [0.717, 1.165) is 4.90 Å². The zero-order valence-corrected chi connectivity index (χ0v) is 12.4. The molecule has 1 amide bonds. The topological polar surface area (TPSA) is 72.1 Å². The van der Waals surface area contributed by atoms with Crippen molar-refractivity contribution in [2.45, 2.75) is 25.9 Å². The van der Waals surface area contributed by atoms with Crippen LogP contribution >= 0.6 is 0 Å². The Hall–Kier alpha value is -2.45. The van der Waals surface area contributed by atoms with Gasteiger partial charge in [-0.3, -0.25) is 9.78 Å². The van der Waals surface area contributed by atoms with E-state index in [4.69, 9.17) is 4.52 Å². The molecule has 0 fully saturated rings. The lowest BCUT2D eigenvalue weighted by molar-refractivity contribution is -0.160. The lowest BCUT2D eigenvalue weighted by Crippen LogP contribution is -2.38. The number of carbonyl (C=O) groups is 1. The fourth-order valence-electron chi connectivity index (χ4n) is 1.92. The molecule has 0 aromatic carbocycles. The van der Waals surface area contributed by atoms with Crippen molar-refractivity contribution in [1.29, 1.82) is 0 Å². The zero-order chi connectivity index (χ0) is 16.9. The number of alkyl halides is 3. The monoisotopic (exact) mass is 328 g/mol. The molecular formula is C14H15F3N4O2. The number of amides is 1. The Bertz CT molecular complexity index is 643. The highest BCUT2D eigenvalue weighted by Gasteiger charge is 2.32. The molecule has 0 saturated heterocycles. The van der Waals surface area contributed by atoms with Crippen LogP contribution < -0.4 is 0 Å². The predicted molar refractivity (Wildman–Crippen MR) is 74.2 cm³/mol. The van der Waals surface area contributed by atoms with E-state index >= 15 is 0 Å². The Kier molecular flexibility index (Phi) is 5.30. The van der Waals surface area contributed by atoms with Crippen molar-refractivity contribution in [2.75, 3.05) is 13.1 Å². The fraction of sp³-hybridized carbons (Fsp3) is 0.429. The Labute approximate surface area is 130 Å². The quantitative estimate of drug-likeness (QED) is 0.814. The number of carbonyl (C=O) groups excluding carboxylic acids is 1. The van der Waals surface area contributed by atoms with E-state index in [9.17, 15) is 18.0 Å². The lowest BCUT2D eigenvalue weighted by Gasteiger charge is -2.21. The molecule has 2 aromatic rings. The van der Waals surface area contributed by atoms with Gasteiger partial charge in [0.1, 0.15) is 12.2 Å². The van der Waals surface area contributed by atoms with Crippen LogP contribution in [-0.4, -0.2) is 45.2 Å². The second kappa shape index (κ2) is 7.21. The number of pyridine rings is 1. The predicted octanol–water partition coefficient (Wildman–Crippen LogP) is 2.48. The van der Waals surface area contributed by atoms with E-state index in [-0.39, 0.29) is 31.1 Å². The largest absolute Gasteiger partial charge is 0.406 e. The van der Waals surface area contributed by atoms with Gasteiger partial charge in [0.2, 0.25) is 17.6 Å². The van der Waals surface area contributed by atoms with Crippen LogP contribution in [0.1, 0.15) is 19.2 Å². The molecule has 124 valence electrons. The normalized spacial score (nSPS) is 11.5. The summed E-state index contributed by atoms with van der Waals surface area (Å²) in [6.45, 7) is 0.224. The van der Waals surface area contributed by atoms with Gasteiger partial charge in [-0.15, -0.1) is 0 Å². The first-order valence-corrected chi connectivity index (χ1v) is 6.97. The van der Waals surface area contributed by atoms with Crippen molar-refractivity contribution in [2.24, 2.45) is 0 Å². The van der Waals surface area contributed by atoms with Gasteiger partial charge < -0.3 is 9.42 Å². The van der Waals surface area contributed by atoms with Crippen LogP contribution in [0.25, 0.3) is 11.5 Å². The van der Waals surface area contributed by atoms with Gasteiger partial charge in [-0.2, -0.15) is 18.2 Å². The molecule has 0 aliphatic rings. The van der Waals surface area contributed by atoms with Crippen LogP contribution in [0.4, 0.5) is 13.2 Å². The Morgan fingerprint density at radius 1 is 1.35 bits per heavy atom. The Balaban J connectivity index is 1.93. The van der Waals surface area contributed by atoms with Crippen molar-refractivity contribution < 1.29 is 22.5 Å². The molecule has 0 radical (unpaired) electrons. The number of rotatable bonds is 6. The maximum atomic E-state index is 12.4. The van der Waals surface area contributed by atoms with E-state index in [0.29, 0.717) is 5.69 Å². The second-order valence-corrected chi connectivity index (χ2v) is 4.75. The fourth-order valence-corrected chi connectivity index (χ4v) is 1.92. The average Bonchev–Trinajstić information content (AvgIpc) is 2.99. The molecular weight excluding hydrogens is 313 g/mol. The Morgan fingerprint density at radius 3 is 2.74 bits per heavy atom. The third-order valence-corrected chi connectivity index (χ3v) is 3.02. The molecule has 0 spiro atoms. The van der Waals surface area contributed by atoms with Gasteiger partial charge in [0.05, 0.1) is 0 Å². The maximum absolute atomic E-state index is 12.4. The van der Waals surface area contributed by atoms with E-state index in [1.807, 2.05) is 0 Å². The van der Waals surface area contributed by atoms with Crippen LogP contribution in [0.2, 0.25) is 0 Å². The van der Waals surface area contributed by atoms with Gasteiger partial charge in [0, 0.05) is 25.6 Å². The highest BCUT2D eigenvalue weighted by Crippen LogP contribution is 2.17. The highest BCUT2D eigenvalue weighted by molar-refractivity contribution is 5.76. The number of hydrogen-bond donors (Lipinski definition) is 0. The molecule has 0 unspecified atom stereocenters. The number of halogens is 3. The molecule has 2 aromatic heterocycles. The van der Waals surface area contributed by atoms with Crippen molar-refractivity contribution in [3.05, 3.63) is 30.3 Å². The molecule has 9 heteroatoms. The smallest absolute Gasteiger partial charge is 0.339 e. The van der Waals surface area contributed by atoms with Crippen molar-refractivity contribution in [3.63, 3.8) is 0 Å². The summed E-state index contributed by atoms with van der Waals surface area (Å²) in [5.41, 5.74) is 0.515. The minimum Gasteiger partial charge on any atom is -0.339 e. The van der Waals surface area contributed by atoms with Crippen LogP contribution in [0.3, 0.4) is 0 Å². The van der Waals surface area contributed by atoms with Gasteiger partial charge >= 0.3 is 6.18 Å². The van der Waals surface area contributed by atoms with Gasteiger partial charge in [0.25, 0.3) is 0 Å². The first-order valence-electron chi connectivity index (χ1n) is 6.97. The summed E-state index contributed by atoms with van der Waals surface area (Å²) in [5, 5.41) is 3.74. The number of aromatic nitrogens is 3. The third-order valence-electron chi connectivity index (χ3n) is 3.02. The second-order valence-electron chi connectivity index (χ2n) is 4.75. The molecule has 0 bridgehead atoms. The number of hydrogen-bond acceptors (Lipinski definition) is 5. The summed E-state index contributed by atoms with van der Waals surface area (Å²) in [4.78, 5) is 20.7. The summed E-state index contributed by atoms with van der Waals surface area (Å²) in [5.74, 6) is -0.153. The van der Waals surface area contributed by atoms with Crippen molar-refractivity contribution >= 4 is 5.91 Å². The van der Waals surface area contributed by atoms with E-state index in [2.05, 4.69) is 15.1 Å². The molecule has 6 nitrogen and oxygen atoms in total. The SMILES string of the molecule is CCN(CC(F)(F)F)C(=O)CCc1nc(-c2ccccn2)no1. The number of aryl methyl sites for hydroxylation is 1. The third kappa shape index (κ3) is 5.04. The van der Waals surface area contributed by atoms with Crippen molar-refractivity contribution in [3.8, 4) is 11.5 Å². The van der Waals surface area contributed by atoms with Gasteiger partial charge in [-0.1, -0.05) is 11.2 Å². The van der Waals surface area contributed by atoms with E-state index in [1.165, 1.54) is 6.92 Å². The summed E-state index contributed by atoms with van der Waals surface area (Å²) in [6.07, 6.45) is -2.89. The highest BCUT2D eigenvalue weighted by atomic mass is 19.4. The molecule has 0 atom stereocenters. The Morgan fingerprint density at radius 2 is 2.13 bits per heavy atom. The van der Waals surface area contributed by atoms with Gasteiger partial charge in [-0.25, -0.2) is 0 Å². The number of nitrogens with zero attached hydrogens (tertiary/aromatic N) is 4. The lowest BCUT2D eigenvalue weighted by atomic mass is 10.2. The minimum absolute atomic E-state index is 0.0125. The summed E-state index contributed by atoms with van der Waals surface area (Å²) < 4.78 is 42.1. The molecule has 0 saturated carbocycles. The first kappa shape index (κ1) is 16.9. The molecule has 23 heavy (non-hydrogen) atoms. The van der Waals surface area contributed by atoms with Gasteiger partial charge in [0.15, 0.2) is 0 Å². The minimum atomic E-state index is -4.41. The molecule has 0 N–H and O–H groups in total.